The van der Waals surface area contributed by atoms with Gasteiger partial charge in [-0.05, 0) is 48.2 Å². The van der Waals surface area contributed by atoms with Gasteiger partial charge in [-0.3, -0.25) is 9.59 Å². The summed E-state index contributed by atoms with van der Waals surface area (Å²) < 4.78 is 0.963. The molecule has 1 aliphatic rings. The lowest BCUT2D eigenvalue weighted by atomic mass is 9.85. The van der Waals surface area contributed by atoms with Crippen molar-refractivity contribution in [3.05, 3.63) is 53.1 Å². The van der Waals surface area contributed by atoms with E-state index in [0.717, 1.165) is 32.8 Å². The van der Waals surface area contributed by atoms with E-state index in [1.54, 1.807) is 13.8 Å². The number of rotatable bonds is 2. The van der Waals surface area contributed by atoms with Crippen LogP contribution in [0.4, 0.5) is 0 Å². The van der Waals surface area contributed by atoms with Crippen molar-refractivity contribution in [2.24, 2.45) is 5.92 Å². The molecule has 3 rings (SSSR count). The molecule has 21 heavy (non-hydrogen) atoms. The van der Waals surface area contributed by atoms with E-state index in [2.05, 4.69) is 22.0 Å². The number of allylic oxidation sites excluding steroid dienone is 1. The second-order valence-corrected chi connectivity index (χ2v) is 6.38. The van der Waals surface area contributed by atoms with Crippen LogP contribution in [0.2, 0.25) is 0 Å². The van der Waals surface area contributed by atoms with Crippen molar-refractivity contribution in [3.8, 4) is 0 Å². The van der Waals surface area contributed by atoms with Crippen molar-refractivity contribution in [2.75, 3.05) is 0 Å². The minimum atomic E-state index is -0.0548. The first-order chi connectivity index (χ1) is 9.97. The first-order valence-corrected chi connectivity index (χ1v) is 7.71. The molecule has 0 heterocycles. The summed E-state index contributed by atoms with van der Waals surface area (Å²) in [5.41, 5.74) is 3.03. The van der Waals surface area contributed by atoms with Crippen LogP contribution in [0.5, 0.6) is 0 Å². The molecule has 106 valence electrons. The summed E-state index contributed by atoms with van der Waals surface area (Å²) in [6, 6.07) is 9.88. The lowest BCUT2D eigenvalue weighted by molar-refractivity contribution is -0.119. The van der Waals surface area contributed by atoms with Gasteiger partial charge >= 0.3 is 0 Å². The average Bonchev–Trinajstić information content (AvgIpc) is 2.45. The summed E-state index contributed by atoms with van der Waals surface area (Å²) in [6.07, 6.45) is 2.73. The lowest BCUT2D eigenvalue weighted by Crippen LogP contribution is -2.16. The van der Waals surface area contributed by atoms with Crippen molar-refractivity contribution in [3.63, 3.8) is 0 Å². The van der Waals surface area contributed by atoms with Crippen LogP contribution >= 0.6 is 15.9 Å². The van der Waals surface area contributed by atoms with Gasteiger partial charge in [0.15, 0.2) is 5.78 Å². The molecule has 0 saturated heterocycles. The molecular weight excluding hydrogens is 328 g/mol. The molecule has 0 N–H and O–H groups in total. The Balaban J connectivity index is 2.21. The fourth-order valence-corrected chi connectivity index (χ4v) is 3.65. The predicted molar refractivity (Wildman–Crippen MR) is 88.7 cm³/mol. The van der Waals surface area contributed by atoms with E-state index in [-0.39, 0.29) is 17.5 Å². The van der Waals surface area contributed by atoms with Gasteiger partial charge in [0, 0.05) is 16.0 Å². The molecule has 0 bridgehead atoms. The molecule has 0 amide bonds. The molecule has 0 saturated carbocycles. The van der Waals surface area contributed by atoms with Crippen molar-refractivity contribution in [1.82, 2.24) is 0 Å². The smallest absolute Gasteiger partial charge is 0.159 e. The number of carbonyl (C=O) groups excluding carboxylic acids is 2. The lowest BCUT2D eigenvalue weighted by Gasteiger charge is -2.21. The number of carbonyl (C=O) groups is 2. The zero-order valence-corrected chi connectivity index (χ0v) is 13.5. The Labute approximate surface area is 132 Å². The fraction of sp³-hybridized carbons (Fsp3) is 0.222. The first kappa shape index (κ1) is 14.2. The van der Waals surface area contributed by atoms with E-state index in [1.165, 1.54) is 5.56 Å². The third-order valence-electron chi connectivity index (χ3n) is 4.06. The van der Waals surface area contributed by atoms with E-state index < -0.39 is 0 Å². The average molecular weight is 343 g/mol. The topological polar surface area (TPSA) is 34.1 Å². The summed E-state index contributed by atoms with van der Waals surface area (Å²) >= 11 is 3.61. The zero-order chi connectivity index (χ0) is 15.1. The van der Waals surface area contributed by atoms with Crippen LogP contribution in [0.1, 0.15) is 35.3 Å². The zero-order valence-electron chi connectivity index (χ0n) is 11.9. The molecule has 0 radical (unpaired) electrons. The highest BCUT2D eigenvalue weighted by atomic mass is 79.9. The minimum Gasteiger partial charge on any atom is -0.299 e. The third-order valence-corrected chi connectivity index (χ3v) is 4.72. The van der Waals surface area contributed by atoms with Crippen molar-refractivity contribution in [1.29, 1.82) is 0 Å². The van der Waals surface area contributed by atoms with Crippen LogP contribution in [0.3, 0.4) is 0 Å². The van der Waals surface area contributed by atoms with Gasteiger partial charge in [0.2, 0.25) is 0 Å². The maximum atomic E-state index is 11.6. The standard InChI is InChI=1S/C18H15BrO2/c1-10(20)12-5-6-16-13(7-12)3-4-14-8-15(11(2)21)9-17(19)18(14)16/h3-7,9,15H,8H2,1-2H3. The number of benzene rings is 2. The Morgan fingerprint density at radius 2 is 1.90 bits per heavy atom. The molecule has 3 heteroatoms. The van der Waals surface area contributed by atoms with Crippen LogP contribution in [0.15, 0.2) is 36.4 Å². The Bertz CT molecular complexity index is 802. The summed E-state index contributed by atoms with van der Waals surface area (Å²) in [7, 11) is 0. The Morgan fingerprint density at radius 1 is 1.14 bits per heavy atom. The normalized spacial score (nSPS) is 17.3. The number of hydrogen-bond acceptors (Lipinski definition) is 2. The quantitative estimate of drug-likeness (QED) is 0.751. The van der Waals surface area contributed by atoms with E-state index in [0.29, 0.717) is 0 Å². The second kappa shape index (κ2) is 5.23. The predicted octanol–water partition coefficient (Wildman–Crippen LogP) is 4.54. The SMILES string of the molecule is CC(=O)c1ccc2c3c(ccc2c1)CC(C(C)=O)C=C3Br. The maximum absolute atomic E-state index is 11.6. The minimum absolute atomic E-state index is 0.0548. The van der Waals surface area contributed by atoms with Crippen molar-refractivity contribution >= 4 is 42.8 Å². The van der Waals surface area contributed by atoms with Crippen LogP contribution in [0, 0.1) is 5.92 Å². The van der Waals surface area contributed by atoms with Gasteiger partial charge in [-0.25, -0.2) is 0 Å². The molecule has 0 fully saturated rings. The van der Waals surface area contributed by atoms with E-state index >= 15 is 0 Å². The first-order valence-electron chi connectivity index (χ1n) is 6.92. The largest absolute Gasteiger partial charge is 0.299 e. The van der Waals surface area contributed by atoms with E-state index in [9.17, 15) is 9.59 Å². The molecule has 0 spiro atoms. The second-order valence-electron chi connectivity index (χ2n) is 5.53. The molecule has 1 unspecified atom stereocenters. The molecule has 1 aliphatic carbocycles. The van der Waals surface area contributed by atoms with E-state index in [4.69, 9.17) is 0 Å². The molecule has 2 nitrogen and oxygen atoms in total. The van der Waals surface area contributed by atoms with Crippen molar-refractivity contribution < 1.29 is 9.59 Å². The van der Waals surface area contributed by atoms with Crippen LogP contribution in [-0.4, -0.2) is 11.6 Å². The highest BCUT2D eigenvalue weighted by Gasteiger charge is 2.23. The molecule has 2 aromatic rings. The summed E-state index contributed by atoms with van der Waals surface area (Å²) in [5.74, 6) is 0.200. The van der Waals surface area contributed by atoms with Gasteiger partial charge in [0.25, 0.3) is 0 Å². The highest BCUT2D eigenvalue weighted by Crippen LogP contribution is 2.38. The fourth-order valence-electron chi connectivity index (χ4n) is 2.86. The summed E-state index contributed by atoms with van der Waals surface area (Å²) in [6.45, 7) is 3.21. The third kappa shape index (κ3) is 2.46. The van der Waals surface area contributed by atoms with Gasteiger partial charge in [-0.2, -0.15) is 0 Å². The number of fused-ring (bicyclic) bond motifs is 3. The number of hydrogen-bond donors (Lipinski definition) is 0. The van der Waals surface area contributed by atoms with Gasteiger partial charge in [-0.1, -0.05) is 46.3 Å². The number of halogens is 1. The molecule has 2 aromatic carbocycles. The van der Waals surface area contributed by atoms with Crippen molar-refractivity contribution in [2.45, 2.75) is 20.3 Å². The van der Waals surface area contributed by atoms with Gasteiger partial charge in [0.1, 0.15) is 5.78 Å². The Morgan fingerprint density at radius 3 is 2.57 bits per heavy atom. The number of Topliss-reactive ketones (excluding diaryl/α,β-unsaturated/α-hetero) is 2. The van der Waals surface area contributed by atoms with Gasteiger partial charge in [0.05, 0.1) is 0 Å². The summed E-state index contributed by atoms with van der Waals surface area (Å²) in [4.78, 5) is 23.1. The highest BCUT2D eigenvalue weighted by molar-refractivity contribution is 9.15. The van der Waals surface area contributed by atoms with Crippen LogP contribution < -0.4 is 0 Å². The van der Waals surface area contributed by atoms with Crippen LogP contribution in [0.25, 0.3) is 15.3 Å². The molecular formula is C18H15BrO2. The summed E-state index contributed by atoms with van der Waals surface area (Å²) in [5, 5.41) is 2.16. The maximum Gasteiger partial charge on any atom is 0.159 e. The molecule has 0 aromatic heterocycles. The Hall–Kier alpha value is -1.74. The molecule has 1 atom stereocenters. The van der Waals surface area contributed by atoms with E-state index in [1.807, 2.05) is 30.3 Å². The molecule has 0 aliphatic heterocycles. The Kier molecular flexibility index (Phi) is 3.54. The van der Waals surface area contributed by atoms with Crippen LogP contribution in [-0.2, 0) is 11.2 Å². The monoisotopic (exact) mass is 342 g/mol. The van der Waals surface area contributed by atoms with Gasteiger partial charge in [-0.15, -0.1) is 0 Å². The van der Waals surface area contributed by atoms with Gasteiger partial charge < -0.3 is 0 Å². The number of ketones is 2.